The van der Waals surface area contributed by atoms with Crippen LogP contribution < -0.4 is 0 Å². The molecule has 0 spiro atoms. The zero-order chi connectivity index (χ0) is 19.1. The second kappa shape index (κ2) is 10.2. The Kier molecular flexibility index (Phi) is 7.65. The van der Waals surface area contributed by atoms with Gasteiger partial charge in [-0.2, -0.15) is 0 Å². The highest BCUT2D eigenvalue weighted by atomic mass is 16.2. The molecule has 1 aliphatic carbocycles. The van der Waals surface area contributed by atoms with E-state index >= 15 is 0 Å². The largest absolute Gasteiger partial charge is 0.337 e. The van der Waals surface area contributed by atoms with Crippen LogP contribution in [0.15, 0.2) is 24.5 Å². The van der Waals surface area contributed by atoms with Crippen molar-refractivity contribution in [3.05, 3.63) is 30.1 Å². The number of carbonyl (C=O) groups is 1. The third-order valence-electron chi connectivity index (χ3n) is 6.02. The molecule has 1 unspecified atom stereocenters. The average molecular weight is 373 g/mol. The number of amides is 1. The molecule has 0 bridgehead atoms. The van der Waals surface area contributed by atoms with Gasteiger partial charge in [0.1, 0.15) is 0 Å². The smallest absolute Gasteiger partial charge is 0.237 e. The van der Waals surface area contributed by atoms with Gasteiger partial charge in [-0.3, -0.25) is 9.78 Å². The van der Waals surface area contributed by atoms with E-state index in [0.717, 1.165) is 24.7 Å². The van der Waals surface area contributed by atoms with E-state index in [1.807, 2.05) is 31.3 Å². The van der Waals surface area contributed by atoms with Crippen molar-refractivity contribution in [1.82, 2.24) is 19.7 Å². The third kappa shape index (κ3) is 6.28. The molecule has 0 radical (unpaired) electrons. The molecule has 5 nitrogen and oxygen atoms in total. The van der Waals surface area contributed by atoms with Crippen molar-refractivity contribution in [3.63, 3.8) is 0 Å². The number of hydrogen-bond donors (Lipinski definition) is 0. The monoisotopic (exact) mass is 372 g/mol. The summed E-state index contributed by atoms with van der Waals surface area (Å²) in [6, 6.07) is 4.80. The maximum Gasteiger partial charge on any atom is 0.237 e. The Morgan fingerprint density at radius 2 is 2.00 bits per heavy atom. The minimum atomic E-state index is 0.221. The topological polar surface area (TPSA) is 39.7 Å². The van der Waals surface area contributed by atoms with Crippen molar-refractivity contribution < 1.29 is 4.79 Å². The van der Waals surface area contributed by atoms with Crippen molar-refractivity contribution in [2.75, 3.05) is 40.3 Å². The van der Waals surface area contributed by atoms with Gasteiger partial charge in [0.2, 0.25) is 5.91 Å². The second-order valence-corrected chi connectivity index (χ2v) is 8.67. The van der Waals surface area contributed by atoms with E-state index in [9.17, 15) is 4.79 Å². The van der Waals surface area contributed by atoms with Crippen LogP contribution >= 0.6 is 0 Å². The van der Waals surface area contributed by atoms with E-state index in [0.29, 0.717) is 19.0 Å². The van der Waals surface area contributed by atoms with Gasteiger partial charge in [-0.1, -0.05) is 25.3 Å². The quantitative estimate of drug-likeness (QED) is 0.738. The first-order valence-electron chi connectivity index (χ1n) is 10.7. The minimum absolute atomic E-state index is 0.221. The number of pyridine rings is 1. The van der Waals surface area contributed by atoms with Crippen LogP contribution in [0.5, 0.6) is 0 Å². The maximum atomic E-state index is 12.9. The lowest BCUT2D eigenvalue weighted by atomic mass is 9.90. The third-order valence-corrected chi connectivity index (χ3v) is 6.02. The number of hydrogen-bond acceptors (Lipinski definition) is 4. The summed E-state index contributed by atoms with van der Waals surface area (Å²) in [5.74, 6) is 0.808. The summed E-state index contributed by atoms with van der Waals surface area (Å²) in [6.07, 6.45) is 13.1. The molecular weight excluding hydrogens is 336 g/mol. The van der Waals surface area contributed by atoms with Crippen molar-refractivity contribution >= 4 is 5.91 Å². The first-order chi connectivity index (χ1) is 13.1. The van der Waals surface area contributed by atoms with Crippen LogP contribution in [0.3, 0.4) is 0 Å². The van der Waals surface area contributed by atoms with E-state index in [4.69, 9.17) is 0 Å². The molecule has 150 valence electrons. The number of carbonyl (C=O) groups excluding carboxylic acids is 1. The van der Waals surface area contributed by atoms with E-state index in [1.165, 1.54) is 51.5 Å². The Morgan fingerprint density at radius 3 is 2.70 bits per heavy atom. The average Bonchev–Trinajstić information content (AvgIpc) is 2.69. The zero-order valence-electron chi connectivity index (χ0n) is 17.1. The Hall–Kier alpha value is -1.46. The molecule has 3 rings (SSSR count). The Morgan fingerprint density at radius 1 is 1.19 bits per heavy atom. The first kappa shape index (κ1) is 20.3. The predicted molar refractivity (Wildman–Crippen MR) is 109 cm³/mol. The molecule has 1 aromatic rings. The normalized spacial score (nSPS) is 22.1. The van der Waals surface area contributed by atoms with Crippen molar-refractivity contribution in [1.29, 1.82) is 0 Å². The highest BCUT2D eigenvalue weighted by molar-refractivity contribution is 5.78. The predicted octanol–water partition coefficient (Wildman–Crippen LogP) is 3.02. The van der Waals surface area contributed by atoms with Crippen LogP contribution in [0.25, 0.3) is 0 Å². The molecule has 1 aromatic heterocycles. The van der Waals surface area contributed by atoms with Crippen LogP contribution in [0.4, 0.5) is 0 Å². The van der Waals surface area contributed by atoms with Gasteiger partial charge in [0.15, 0.2) is 0 Å². The fourth-order valence-electron chi connectivity index (χ4n) is 4.67. The summed E-state index contributed by atoms with van der Waals surface area (Å²) in [6.45, 7) is 4.41. The number of nitrogens with zero attached hydrogens (tertiary/aromatic N) is 4. The fraction of sp³-hybridized carbons (Fsp3) is 0.727. The summed E-state index contributed by atoms with van der Waals surface area (Å²) in [4.78, 5) is 23.8. The van der Waals surface area contributed by atoms with Gasteiger partial charge >= 0.3 is 0 Å². The number of likely N-dealkylation sites (N-methyl/N-ethyl adjacent to an activating group) is 1. The fourth-order valence-corrected chi connectivity index (χ4v) is 4.67. The van der Waals surface area contributed by atoms with Gasteiger partial charge in [-0.05, 0) is 63.9 Å². The van der Waals surface area contributed by atoms with Crippen LogP contribution in [0.2, 0.25) is 0 Å². The molecule has 1 saturated carbocycles. The SMILES string of the molecule is CN(C)CC(=O)N(Cc1cccnc1)CC1CCCN(C2CCCCC2)C1. The molecule has 2 heterocycles. The molecule has 27 heavy (non-hydrogen) atoms. The minimum Gasteiger partial charge on any atom is -0.337 e. The van der Waals surface area contributed by atoms with E-state index in [2.05, 4.69) is 20.9 Å². The highest BCUT2D eigenvalue weighted by Crippen LogP contribution is 2.27. The second-order valence-electron chi connectivity index (χ2n) is 8.67. The van der Waals surface area contributed by atoms with Gasteiger partial charge in [0.25, 0.3) is 0 Å². The number of likely N-dealkylation sites (tertiary alicyclic amines) is 1. The Labute approximate surface area is 164 Å². The van der Waals surface area contributed by atoms with Gasteiger partial charge < -0.3 is 14.7 Å². The van der Waals surface area contributed by atoms with Crippen LogP contribution in [-0.4, -0.2) is 71.9 Å². The molecular formula is C22H36N4O. The summed E-state index contributed by atoms with van der Waals surface area (Å²) in [5, 5.41) is 0. The van der Waals surface area contributed by atoms with Crippen molar-refractivity contribution in [2.45, 2.75) is 57.5 Å². The Bertz CT molecular complexity index is 571. The first-order valence-corrected chi connectivity index (χ1v) is 10.7. The molecule has 1 aliphatic heterocycles. The summed E-state index contributed by atoms with van der Waals surface area (Å²) >= 11 is 0. The molecule has 2 aliphatic rings. The van der Waals surface area contributed by atoms with E-state index in [1.54, 1.807) is 6.20 Å². The molecule has 1 atom stereocenters. The van der Waals surface area contributed by atoms with Gasteiger partial charge in [-0.25, -0.2) is 0 Å². The van der Waals surface area contributed by atoms with Crippen LogP contribution in [-0.2, 0) is 11.3 Å². The summed E-state index contributed by atoms with van der Waals surface area (Å²) < 4.78 is 0. The lowest BCUT2D eigenvalue weighted by Crippen LogP contribution is -2.48. The molecule has 2 fully saturated rings. The van der Waals surface area contributed by atoms with E-state index < -0.39 is 0 Å². The Balaban J connectivity index is 1.62. The lowest BCUT2D eigenvalue weighted by Gasteiger charge is -2.41. The molecule has 1 saturated heterocycles. The summed E-state index contributed by atoms with van der Waals surface area (Å²) in [7, 11) is 3.93. The molecule has 0 aromatic carbocycles. The van der Waals surface area contributed by atoms with Crippen LogP contribution in [0, 0.1) is 5.92 Å². The van der Waals surface area contributed by atoms with Gasteiger partial charge in [0, 0.05) is 38.1 Å². The van der Waals surface area contributed by atoms with Gasteiger partial charge in [-0.15, -0.1) is 0 Å². The van der Waals surface area contributed by atoms with Crippen molar-refractivity contribution in [2.24, 2.45) is 5.92 Å². The van der Waals surface area contributed by atoms with E-state index in [-0.39, 0.29) is 5.91 Å². The zero-order valence-corrected chi connectivity index (χ0v) is 17.1. The number of aromatic nitrogens is 1. The molecule has 1 amide bonds. The standard InChI is InChI=1S/C22H36N4O/c1-24(2)18-22(27)26(15-19-8-6-12-23-14-19)17-20-9-7-13-25(16-20)21-10-4-3-5-11-21/h6,8,12,14,20-21H,3-5,7,9-11,13,15-18H2,1-2H3. The number of piperidine rings is 1. The maximum absolute atomic E-state index is 12.9. The van der Waals surface area contributed by atoms with Gasteiger partial charge in [0.05, 0.1) is 6.54 Å². The lowest BCUT2D eigenvalue weighted by molar-refractivity contribution is -0.133. The number of rotatable bonds is 7. The van der Waals surface area contributed by atoms with Crippen LogP contribution in [0.1, 0.15) is 50.5 Å². The summed E-state index contributed by atoms with van der Waals surface area (Å²) in [5.41, 5.74) is 1.12. The molecule has 5 heteroatoms. The highest BCUT2D eigenvalue weighted by Gasteiger charge is 2.29. The molecule has 0 N–H and O–H groups in total. The van der Waals surface area contributed by atoms with Crippen molar-refractivity contribution in [3.8, 4) is 0 Å².